The molecule has 20 rings (SSSR count). The quantitative estimate of drug-likeness (QED) is 0.0700. The molecular formula is C124H140B4N12+4. The fourth-order valence-electron chi connectivity index (χ4n) is 21.9. The first-order valence-electron chi connectivity index (χ1n) is 50.3. The van der Waals surface area contributed by atoms with Crippen molar-refractivity contribution in [2.24, 2.45) is 28.2 Å². The number of anilines is 14. The molecule has 0 bridgehead atoms. The molecule has 16 heteroatoms. The zero-order valence-corrected chi connectivity index (χ0v) is 87.5. The molecule has 4 aromatic heterocycles. The van der Waals surface area contributed by atoms with Crippen LogP contribution in [0.2, 0.25) is 0 Å². The van der Waals surface area contributed by atoms with E-state index in [1.807, 2.05) is 0 Å². The van der Waals surface area contributed by atoms with Crippen molar-refractivity contribution in [1.29, 1.82) is 0 Å². The van der Waals surface area contributed by atoms with Crippen LogP contribution in [0.3, 0.4) is 0 Å². The van der Waals surface area contributed by atoms with Crippen LogP contribution in [0.4, 0.5) is 80.1 Å². The van der Waals surface area contributed by atoms with Gasteiger partial charge in [-0.1, -0.05) is 327 Å². The Morgan fingerprint density at radius 2 is 0.507 bits per heavy atom. The van der Waals surface area contributed by atoms with Gasteiger partial charge in [-0.25, -0.2) is 18.3 Å². The van der Waals surface area contributed by atoms with Crippen LogP contribution in [0.15, 0.2) is 352 Å². The summed E-state index contributed by atoms with van der Waals surface area (Å²) in [5, 5.41) is 0. The number of benzene rings is 12. The number of hydrogen-bond acceptors (Lipinski definition) is 8. The molecule has 140 heavy (non-hydrogen) atoms. The van der Waals surface area contributed by atoms with Crippen molar-refractivity contribution in [1.82, 2.24) is 0 Å². The molecule has 0 radical (unpaired) electrons. The zero-order valence-electron chi connectivity index (χ0n) is 87.5. The second kappa shape index (κ2) is 40.4. The van der Waals surface area contributed by atoms with Gasteiger partial charge in [-0.05, 0) is 252 Å². The van der Waals surface area contributed by atoms with Crippen molar-refractivity contribution in [2.45, 2.75) is 173 Å². The van der Waals surface area contributed by atoms with Crippen molar-refractivity contribution >= 4 is 130 Å². The molecule has 0 N–H and O–H groups in total. The minimum Gasteiger partial charge on any atom is -0.369 e. The normalized spacial score (nSPS) is 13.3. The highest BCUT2D eigenvalue weighted by molar-refractivity contribution is 6.87. The van der Waals surface area contributed by atoms with Gasteiger partial charge < -0.3 is 19.2 Å². The maximum absolute atomic E-state index is 2.61. The van der Waals surface area contributed by atoms with E-state index in [9.17, 15) is 0 Å². The Morgan fingerprint density at radius 3 is 0.850 bits per heavy atom. The van der Waals surface area contributed by atoms with Crippen molar-refractivity contribution < 1.29 is 18.3 Å². The summed E-state index contributed by atoms with van der Waals surface area (Å²) in [7, 11) is 13.1. The van der Waals surface area contributed by atoms with Gasteiger partial charge in [0.05, 0.1) is 75.7 Å². The van der Waals surface area contributed by atoms with Crippen LogP contribution in [0.25, 0.3) is 22.3 Å². The summed E-state index contributed by atoms with van der Waals surface area (Å²) in [5.41, 5.74) is 39.2. The number of rotatable bonds is 16. The molecule has 0 atom stereocenters. The molecule has 0 unspecified atom stereocenters. The third-order valence-electron chi connectivity index (χ3n) is 29.1. The van der Waals surface area contributed by atoms with Gasteiger partial charge in [0.25, 0.3) is 23.3 Å². The van der Waals surface area contributed by atoms with E-state index in [0.717, 1.165) is 5.82 Å². The zero-order chi connectivity index (χ0) is 99.2. The predicted molar refractivity (Wildman–Crippen MR) is 599 cm³/mol. The van der Waals surface area contributed by atoms with Crippen LogP contribution in [0, 0.1) is 41.5 Å². The second-order valence-corrected chi connectivity index (χ2v) is 42.1. The van der Waals surface area contributed by atoms with Crippen LogP contribution < -0.4 is 78.6 Å². The fraction of sp³-hybridized carbons (Fsp3) is 0.258. The molecule has 0 aliphatic carbocycles. The summed E-state index contributed by atoms with van der Waals surface area (Å²) in [6.07, 6.45) is 8.71. The predicted octanol–water partition coefficient (Wildman–Crippen LogP) is 25.7. The maximum atomic E-state index is 2.61. The minimum absolute atomic E-state index is 0.00359. The Bertz CT molecular complexity index is 7040. The first kappa shape index (κ1) is 97.5. The lowest BCUT2D eigenvalue weighted by molar-refractivity contribution is -0.658. The molecule has 704 valence electrons. The Balaban J connectivity index is 0.000000129. The molecular weight excluding hydrogens is 1700 g/mol. The lowest BCUT2D eigenvalue weighted by Crippen LogP contribution is -2.58. The van der Waals surface area contributed by atoms with E-state index in [0.29, 0.717) is 23.7 Å². The SMILES string of the molecule is Cc1cccc(C)c1B1N(c2ccccc2)c2cccc(C)c2N1c1cc(C(C)(C)C)cc[n+]1C.Cc1cccc2c1N(c1cc(C(C)(C)C)cc[n+]1C)B(c1c(C(C)C)cccc1C(C)C)N2c1ccccc1.Cc1cccc2c1N(c1cccc[n+]1C)B(c1c(-c3ccccc3)cccc1-c1ccccc1)N2C.Cc1cccc2c1N(c1cccc[n+]1C)B(c1c(C(C)C)cccc1C(C)C)N2C. The Hall–Kier alpha value is -14.1. The van der Waals surface area contributed by atoms with Gasteiger partial charge in [0.1, 0.15) is 22.7 Å². The first-order valence-corrected chi connectivity index (χ1v) is 50.3. The number of aromatic nitrogens is 4. The third kappa shape index (κ3) is 18.5. The summed E-state index contributed by atoms with van der Waals surface area (Å²) < 4.78 is 9.01. The number of nitrogens with zero attached hydrogens (tertiary/aromatic N) is 12. The van der Waals surface area contributed by atoms with Crippen molar-refractivity contribution in [3.8, 4) is 22.3 Å². The summed E-state index contributed by atoms with van der Waals surface area (Å²) in [6, 6.07) is 119. The molecule has 12 aromatic carbocycles. The minimum atomic E-state index is -0.0269. The molecule has 16 aromatic rings. The average Bonchev–Trinajstić information content (AvgIpc) is 1.56. The van der Waals surface area contributed by atoms with Gasteiger partial charge in [-0.15, -0.1) is 0 Å². The molecule has 0 spiro atoms. The molecule has 0 amide bonds. The topological polar surface area (TPSA) is 41.4 Å². The summed E-state index contributed by atoms with van der Waals surface area (Å²) in [5.74, 6) is 6.48. The van der Waals surface area contributed by atoms with E-state index in [1.165, 1.54) is 185 Å². The number of pyridine rings is 4. The summed E-state index contributed by atoms with van der Waals surface area (Å²) >= 11 is 0. The highest BCUT2D eigenvalue weighted by Gasteiger charge is 2.58. The third-order valence-corrected chi connectivity index (χ3v) is 29.1. The number of hydrogen-bond donors (Lipinski definition) is 0. The average molecular weight is 1840 g/mol. The highest BCUT2D eigenvalue weighted by Crippen LogP contribution is 2.53. The van der Waals surface area contributed by atoms with Crippen molar-refractivity contribution in [2.75, 3.05) is 52.6 Å². The van der Waals surface area contributed by atoms with Crippen molar-refractivity contribution in [3.63, 3.8) is 0 Å². The van der Waals surface area contributed by atoms with E-state index in [-0.39, 0.29) is 38.8 Å². The Kier molecular flexibility index (Phi) is 28.1. The van der Waals surface area contributed by atoms with Gasteiger partial charge in [0.15, 0.2) is 0 Å². The monoisotopic (exact) mass is 1840 g/mol. The standard InChI is InChI=1S/C35H43BN3.C32H29BN3.C31H35BN3.C26H33BN3/c1-24(2)29-18-14-19-30(25(3)4)33(29)36-38(28-16-11-10-12-17-28)31-20-13-15-26(5)34(31)39(36)32-23-27(35(6,7)8)21-22-37(32)9;1-24-14-12-21-29-32(24)36(30-22-10-11-23-34(30)2)33(35(29)3)31-27(25-15-6-4-7-16-25)19-13-20-28(31)26-17-8-5-9-18-26;1-22-13-11-14-23(2)29(22)32-34(26-16-9-8-10-17-26)27-18-12-15-24(3)30(27)35(32)28-21-25(31(4,5)6)19-20-33(28)7;1-18(2)21-13-11-14-22(19(3)4)25(21)27-29(7)23-15-10-12-20(5)26(23)30(27)24-16-8-9-17-28(24)6/h10-25H,1-9H3;4-23H,1-3H3;8-21H,1-7H3;8-19H,1-7H3/q4*+1. The number of fused-ring (bicyclic) bond motifs is 4. The van der Waals surface area contributed by atoms with Crippen LogP contribution >= 0.6 is 0 Å². The smallest absolute Gasteiger partial charge is 0.369 e. The first-order chi connectivity index (χ1) is 67.2. The van der Waals surface area contributed by atoms with Gasteiger partial charge in [0, 0.05) is 57.5 Å². The van der Waals surface area contributed by atoms with E-state index in [4.69, 9.17) is 0 Å². The number of para-hydroxylation sites is 6. The molecule has 0 saturated carbocycles. The highest BCUT2D eigenvalue weighted by atomic mass is 15.4. The lowest BCUT2D eigenvalue weighted by Gasteiger charge is -2.30. The molecule has 0 saturated heterocycles. The van der Waals surface area contributed by atoms with Gasteiger partial charge >= 0.3 is 27.9 Å². The Morgan fingerprint density at radius 1 is 0.236 bits per heavy atom. The maximum Gasteiger partial charge on any atom is 0.543 e. The van der Waals surface area contributed by atoms with E-state index >= 15 is 0 Å². The van der Waals surface area contributed by atoms with Crippen LogP contribution in [0.1, 0.15) is 187 Å². The van der Waals surface area contributed by atoms with Gasteiger partial charge in [0.2, 0.25) is 0 Å². The van der Waals surface area contributed by atoms with E-state index in [1.54, 1.807) is 0 Å². The van der Waals surface area contributed by atoms with E-state index < -0.39 is 0 Å². The lowest BCUT2D eigenvalue weighted by atomic mass is 9.58. The Labute approximate surface area is 837 Å². The number of aryl methyl sites for hydroxylation is 10. The van der Waals surface area contributed by atoms with E-state index in [2.05, 4.69) is 590 Å². The molecule has 8 heterocycles. The molecule has 0 fully saturated rings. The molecule has 12 nitrogen and oxygen atoms in total. The second-order valence-electron chi connectivity index (χ2n) is 42.1. The largest absolute Gasteiger partial charge is 0.543 e. The van der Waals surface area contributed by atoms with Gasteiger partial charge in [-0.2, -0.15) is 0 Å². The van der Waals surface area contributed by atoms with Crippen LogP contribution in [0.5, 0.6) is 0 Å². The molecule has 4 aliphatic rings. The van der Waals surface area contributed by atoms with Gasteiger partial charge in [-0.3, -0.25) is 19.2 Å². The molecule has 4 aliphatic heterocycles. The summed E-state index contributed by atoms with van der Waals surface area (Å²) in [6.45, 7) is 45.8. The van der Waals surface area contributed by atoms with Crippen LogP contribution in [-0.2, 0) is 39.0 Å². The fourth-order valence-corrected chi connectivity index (χ4v) is 21.9. The van der Waals surface area contributed by atoms with Crippen LogP contribution in [-0.4, -0.2) is 42.0 Å². The van der Waals surface area contributed by atoms with Crippen molar-refractivity contribution in [3.05, 3.63) is 419 Å². The summed E-state index contributed by atoms with van der Waals surface area (Å²) in [4.78, 5) is 20.2.